The topological polar surface area (TPSA) is 38.7 Å². The summed E-state index contributed by atoms with van der Waals surface area (Å²) >= 11 is 0. The molecule has 0 spiro atoms. The summed E-state index contributed by atoms with van der Waals surface area (Å²) in [7, 11) is 3.30. The molecule has 0 saturated carbocycles. The Hall–Kier alpha value is -1.38. The summed E-state index contributed by atoms with van der Waals surface area (Å²) in [6.07, 6.45) is 30.3. The maximum absolute atomic E-state index is 10.7. The Morgan fingerprint density at radius 3 is 1.31 bits per heavy atom. The molecule has 0 amide bonds. The molecule has 0 heterocycles. The molecule has 0 aliphatic rings. The van der Waals surface area contributed by atoms with Gasteiger partial charge in [0.1, 0.15) is 0 Å². The summed E-state index contributed by atoms with van der Waals surface area (Å²) < 4.78 is 11.1. The first-order chi connectivity index (χ1) is 17.7. The van der Waals surface area contributed by atoms with Crippen LogP contribution in [0.3, 0.4) is 0 Å². The number of hydrogen-bond donors (Lipinski definition) is 1. The molecular formula is C33H60O3. The molecule has 0 unspecified atom stereocenters. The van der Waals surface area contributed by atoms with E-state index >= 15 is 0 Å². The van der Waals surface area contributed by atoms with E-state index in [2.05, 4.69) is 19.9 Å². The quantitative estimate of drug-likeness (QED) is 0.135. The van der Waals surface area contributed by atoms with Crippen LogP contribution in [0.1, 0.15) is 160 Å². The van der Waals surface area contributed by atoms with Gasteiger partial charge >= 0.3 is 0 Å². The summed E-state index contributed by atoms with van der Waals surface area (Å²) in [4.78, 5) is 0. The highest BCUT2D eigenvalue weighted by Crippen LogP contribution is 2.42. The molecule has 0 aliphatic heterocycles. The maximum atomic E-state index is 10.7. The molecule has 1 aromatic carbocycles. The van der Waals surface area contributed by atoms with Gasteiger partial charge in [0.05, 0.1) is 14.2 Å². The third kappa shape index (κ3) is 14.4. The van der Waals surface area contributed by atoms with Crippen LogP contribution in [0.2, 0.25) is 0 Å². The summed E-state index contributed by atoms with van der Waals surface area (Å²) in [5.74, 6) is 1.32. The van der Waals surface area contributed by atoms with Gasteiger partial charge in [0.2, 0.25) is 5.75 Å². The standard InChI is InChI=1S/C33H60O3/c1-5-7-9-11-13-15-17-18-20-22-24-26-29-28-31(35-3)32(34)33(36-4)30(29)27-25-23-21-19-16-14-12-10-8-6-2/h28,34H,5-27H2,1-4H3. The second kappa shape index (κ2) is 22.8. The highest BCUT2D eigenvalue weighted by Gasteiger charge is 2.18. The van der Waals surface area contributed by atoms with E-state index in [1.165, 1.54) is 140 Å². The first-order valence-electron chi connectivity index (χ1n) is 15.6. The van der Waals surface area contributed by atoms with E-state index in [1.807, 2.05) is 0 Å². The van der Waals surface area contributed by atoms with Crippen molar-refractivity contribution in [2.24, 2.45) is 0 Å². The molecule has 0 aromatic heterocycles. The fraction of sp³-hybridized carbons (Fsp3) is 0.818. The lowest BCUT2D eigenvalue weighted by Crippen LogP contribution is -2.02. The second-order valence-corrected chi connectivity index (χ2v) is 10.8. The molecule has 1 rings (SSSR count). The zero-order valence-corrected chi connectivity index (χ0v) is 24.6. The minimum atomic E-state index is 0.157. The summed E-state index contributed by atoms with van der Waals surface area (Å²) in [5.41, 5.74) is 2.50. The molecule has 0 fully saturated rings. The number of aryl methyl sites for hydroxylation is 1. The smallest absolute Gasteiger partial charge is 0.201 e. The lowest BCUT2D eigenvalue weighted by Gasteiger charge is -2.18. The monoisotopic (exact) mass is 504 g/mol. The van der Waals surface area contributed by atoms with Gasteiger partial charge < -0.3 is 14.6 Å². The molecule has 1 aromatic rings. The van der Waals surface area contributed by atoms with Crippen molar-refractivity contribution in [2.45, 2.75) is 162 Å². The first-order valence-corrected chi connectivity index (χ1v) is 15.6. The van der Waals surface area contributed by atoms with Crippen molar-refractivity contribution in [3.63, 3.8) is 0 Å². The molecular weight excluding hydrogens is 444 g/mol. The van der Waals surface area contributed by atoms with E-state index < -0.39 is 0 Å². The van der Waals surface area contributed by atoms with E-state index in [0.717, 1.165) is 19.3 Å². The number of phenols is 1. The van der Waals surface area contributed by atoms with E-state index in [-0.39, 0.29) is 5.75 Å². The number of methoxy groups -OCH3 is 2. The minimum Gasteiger partial charge on any atom is -0.502 e. The number of ether oxygens (including phenoxy) is 2. The van der Waals surface area contributed by atoms with Gasteiger partial charge in [-0.3, -0.25) is 0 Å². The largest absolute Gasteiger partial charge is 0.502 e. The van der Waals surface area contributed by atoms with Crippen LogP contribution in [0, 0.1) is 0 Å². The number of hydrogen-bond acceptors (Lipinski definition) is 3. The fourth-order valence-electron chi connectivity index (χ4n) is 5.36. The van der Waals surface area contributed by atoms with Gasteiger partial charge in [0, 0.05) is 5.56 Å². The number of phenolic OH excluding ortho intramolecular Hbond substituents is 1. The molecule has 1 N–H and O–H groups in total. The lowest BCUT2D eigenvalue weighted by molar-refractivity contribution is 0.336. The maximum Gasteiger partial charge on any atom is 0.201 e. The van der Waals surface area contributed by atoms with Crippen LogP contribution in [0.4, 0.5) is 0 Å². The van der Waals surface area contributed by atoms with Gasteiger partial charge in [0.25, 0.3) is 0 Å². The number of unbranched alkanes of at least 4 members (excludes halogenated alkanes) is 19. The molecule has 0 saturated heterocycles. The van der Waals surface area contributed by atoms with Gasteiger partial charge in [-0.2, -0.15) is 0 Å². The highest BCUT2D eigenvalue weighted by atomic mass is 16.5. The normalized spacial score (nSPS) is 11.2. The average Bonchev–Trinajstić information content (AvgIpc) is 2.89. The van der Waals surface area contributed by atoms with E-state index in [4.69, 9.17) is 9.47 Å². The Kier molecular flexibility index (Phi) is 20.7. The predicted molar refractivity (Wildman–Crippen MR) is 157 cm³/mol. The first kappa shape index (κ1) is 32.6. The molecule has 0 aliphatic carbocycles. The van der Waals surface area contributed by atoms with Crippen molar-refractivity contribution < 1.29 is 14.6 Å². The third-order valence-electron chi connectivity index (χ3n) is 7.67. The Balaban J connectivity index is 2.42. The third-order valence-corrected chi connectivity index (χ3v) is 7.67. The van der Waals surface area contributed by atoms with Crippen molar-refractivity contribution in [3.05, 3.63) is 17.2 Å². The molecule has 36 heavy (non-hydrogen) atoms. The van der Waals surface area contributed by atoms with Gasteiger partial charge in [-0.05, 0) is 37.3 Å². The zero-order chi connectivity index (χ0) is 26.3. The number of rotatable bonds is 25. The Morgan fingerprint density at radius 2 is 0.917 bits per heavy atom. The number of benzene rings is 1. The zero-order valence-electron chi connectivity index (χ0n) is 24.6. The highest BCUT2D eigenvalue weighted by molar-refractivity contribution is 5.58. The fourth-order valence-corrected chi connectivity index (χ4v) is 5.36. The van der Waals surface area contributed by atoms with Crippen molar-refractivity contribution in [2.75, 3.05) is 14.2 Å². The Labute approximate surface area is 224 Å². The van der Waals surface area contributed by atoms with E-state index in [9.17, 15) is 5.11 Å². The van der Waals surface area contributed by atoms with E-state index in [1.54, 1.807) is 14.2 Å². The van der Waals surface area contributed by atoms with Crippen molar-refractivity contribution >= 4 is 0 Å². The van der Waals surface area contributed by atoms with Crippen molar-refractivity contribution in [1.29, 1.82) is 0 Å². The van der Waals surface area contributed by atoms with Crippen LogP contribution in [0.25, 0.3) is 0 Å². The van der Waals surface area contributed by atoms with Crippen molar-refractivity contribution in [3.8, 4) is 17.2 Å². The second-order valence-electron chi connectivity index (χ2n) is 10.8. The van der Waals surface area contributed by atoms with Crippen LogP contribution >= 0.6 is 0 Å². The summed E-state index contributed by atoms with van der Waals surface area (Å²) in [5, 5.41) is 10.7. The van der Waals surface area contributed by atoms with Crippen LogP contribution in [0.5, 0.6) is 17.2 Å². The minimum absolute atomic E-state index is 0.157. The van der Waals surface area contributed by atoms with Crippen LogP contribution in [-0.4, -0.2) is 19.3 Å². The molecule has 0 atom stereocenters. The molecule has 0 bridgehead atoms. The average molecular weight is 505 g/mol. The SMILES string of the molecule is CCCCCCCCCCCCCc1cc(OC)c(O)c(OC)c1CCCCCCCCCCCC. The van der Waals surface area contributed by atoms with Gasteiger partial charge in [-0.15, -0.1) is 0 Å². The summed E-state index contributed by atoms with van der Waals surface area (Å²) in [6, 6.07) is 2.06. The van der Waals surface area contributed by atoms with Gasteiger partial charge in [-0.25, -0.2) is 0 Å². The van der Waals surface area contributed by atoms with Crippen molar-refractivity contribution in [1.82, 2.24) is 0 Å². The Morgan fingerprint density at radius 1 is 0.528 bits per heavy atom. The van der Waals surface area contributed by atoms with Gasteiger partial charge in [0.15, 0.2) is 11.5 Å². The molecule has 0 radical (unpaired) electrons. The van der Waals surface area contributed by atoms with Gasteiger partial charge in [-0.1, -0.05) is 136 Å². The van der Waals surface area contributed by atoms with E-state index in [0.29, 0.717) is 11.5 Å². The predicted octanol–water partition coefficient (Wildman–Crippen LogP) is 10.7. The van der Waals surface area contributed by atoms with Crippen LogP contribution < -0.4 is 9.47 Å². The summed E-state index contributed by atoms with van der Waals surface area (Å²) in [6.45, 7) is 4.56. The molecule has 3 heteroatoms. The molecule has 210 valence electrons. The Bertz CT molecular complexity index is 640. The number of aromatic hydroxyl groups is 1. The molecule has 3 nitrogen and oxygen atoms in total. The lowest BCUT2D eigenvalue weighted by atomic mass is 9.94. The van der Waals surface area contributed by atoms with Crippen LogP contribution in [0.15, 0.2) is 6.07 Å². The van der Waals surface area contributed by atoms with Crippen LogP contribution in [-0.2, 0) is 12.8 Å².